The second kappa shape index (κ2) is 6.78. The average molecular weight is 288 g/mol. The number of aromatic nitrogens is 2. The minimum atomic E-state index is 0.599. The molecule has 0 spiro atoms. The number of nitrogens with zero attached hydrogens (tertiary/aromatic N) is 2. The maximum Gasteiger partial charge on any atom is 0.224 e. The number of methoxy groups -OCH3 is 2. The molecule has 0 aliphatic rings. The minimum absolute atomic E-state index is 0.599. The lowest BCUT2D eigenvalue weighted by molar-refractivity contribution is 0.405. The van der Waals surface area contributed by atoms with Crippen molar-refractivity contribution in [2.24, 2.45) is 0 Å². The van der Waals surface area contributed by atoms with Gasteiger partial charge in [0.05, 0.1) is 19.9 Å². The van der Waals surface area contributed by atoms with Gasteiger partial charge >= 0.3 is 0 Å². The van der Waals surface area contributed by atoms with Gasteiger partial charge < -0.3 is 20.1 Å². The van der Waals surface area contributed by atoms with E-state index in [0.717, 1.165) is 29.4 Å². The van der Waals surface area contributed by atoms with Crippen LogP contribution in [0.1, 0.15) is 12.6 Å². The molecule has 0 fully saturated rings. The molecule has 0 unspecified atom stereocenters. The van der Waals surface area contributed by atoms with Gasteiger partial charge in [0.25, 0.3) is 0 Å². The van der Waals surface area contributed by atoms with Crippen molar-refractivity contribution in [3.8, 4) is 11.5 Å². The summed E-state index contributed by atoms with van der Waals surface area (Å²) in [7, 11) is 3.26. The van der Waals surface area contributed by atoms with Crippen LogP contribution in [0.2, 0.25) is 0 Å². The SMILES string of the molecule is CCNc1nc(C)cc(Nc2cc(OC)ccc2OC)n1. The molecule has 2 N–H and O–H groups in total. The highest BCUT2D eigenvalue weighted by Gasteiger charge is 2.08. The van der Waals surface area contributed by atoms with E-state index in [0.29, 0.717) is 11.8 Å². The van der Waals surface area contributed by atoms with Crippen molar-refractivity contribution < 1.29 is 9.47 Å². The van der Waals surface area contributed by atoms with Crippen molar-refractivity contribution in [2.75, 3.05) is 31.4 Å². The van der Waals surface area contributed by atoms with E-state index < -0.39 is 0 Å². The van der Waals surface area contributed by atoms with Crippen LogP contribution in [0.25, 0.3) is 0 Å². The van der Waals surface area contributed by atoms with E-state index in [-0.39, 0.29) is 0 Å². The molecule has 1 aromatic heterocycles. The lowest BCUT2D eigenvalue weighted by atomic mass is 10.2. The first-order valence-electron chi connectivity index (χ1n) is 6.75. The van der Waals surface area contributed by atoms with Crippen molar-refractivity contribution >= 4 is 17.5 Å². The zero-order valence-electron chi connectivity index (χ0n) is 12.7. The topological polar surface area (TPSA) is 68.3 Å². The van der Waals surface area contributed by atoms with Crippen molar-refractivity contribution in [1.82, 2.24) is 9.97 Å². The number of hydrogen-bond acceptors (Lipinski definition) is 6. The number of hydrogen-bond donors (Lipinski definition) is 2. The molecule has 0 atom stereocenters. The summed E-state index contributed by atoms with van der Waals surface area (Å²) in [4.78, 5) is 8.74. The van der Waals surface area contributed by atoms with Crippen LogP contribution in [0.3, 0.4) is 0 Å². The summed E-state index contributed by atoms with van der Waals surface area (Å²) in [6.45, 7) is 4.70. The Morgan fingerprint density at radius 1 is 1.10 bits per heavy atom. The molecule has 112 valence electrons. The fraction of sp³-hybridized carbons (Fsp3) is 0.333. The predicted octanol–water partition coefficient (Wildman–Crippen LogP) is 2.98. The Kier molecular flexibility index (Phi) is 4.81. The van der Waals surface area contributed by atoms with Crippen LogP contribution in [-0.2, 0) is 0 Å². The monoisotopic (exact) mass is 288 g/mol. The van der Waals surface area contributed by atoms with Gasteiger partial charge in [-0.15, -0.1) is 0 Å². The van der Waals surface area contributed by atoms with Crippen LogP contribution in [0.15, 0.2) is 24.3 Å². The predicted molar refractivity (Wildman–Crippen MR) is 83.8 cm³/mol. The molecule has 0 aliphatic carbocycles. The molecule has 6 nitrogen and oxygen atoms in total. The second-order valence-electron chi connectivity index (χ2n) is 4.44. The fourth-order valence-corrected chi connectivity index (χ4v) is 1.92. The maximum atomic E-state index is 5.35. The van der Waals surface area contributed by atoms with Gasteiger partial charge in [0, 0.05) is 24.4 Å². The van der Waals surface area contributed by atoms with Crippen molar-refractivity contribution in [3.05, 3.63) is 30.0 Å². The first kappa shape index (κ1) is 14.9. The van der Waals surface area contributed by atoms with E-state index in [4.69, 9.17) is 9.47 Å². The van der Waals surface area contributed by atoms with Crippen LogP contribution in [0, 0.1) is 6.92 Å². The van der Waals surface area contributed by atoms with E-state index in [1.807, 2.05) is 38.1 Å². The molecule has 0 aliphatic heterocycles. The first-order valence-corrected chi connectivity index (χ1v) is 6.75. The van der Waals surface area contributed by atoms with Gasteiger partial charge in [0.2, 0.25) is 5.95 Å². The molecule has 0 saturated heterocycles. The molecule has 2 rings (SSSR count). The van der Waals surface area contributed by atoms with Crippen LogP contribution in [0.5, 0.6) is 11.5 Å². The molecule has 2 aromatic rings. The molecular weight excluding hydrogens is 268 g/mol. The van der Waals surface area contributed by atoms with E-state index in [1.165, 1.54) is 0 Å². The Bertz CT molecular complexity index is 617. The number of benzene rings is 1. The van der Waals surface area contributed by atoms with E-state index in [2.05, 4.69) is 20.6 Å². The summed E-state index contributed by atoms with van der Waals surface area (Å²) < 4.78 is 10.6. The number of aryl methyl sites for hydroxylation is 1. The summed E-state index contributed by atoms with van der Waals surface area (Å²) in [5.41, 5.74) is 1.67. The molecule has 0 radical (unpaired) electrons. The van der Waals surface area contributed by atoms with Gasteiger partial charge in [-0.1, -0.05) is 0 Å². The number of nitrogens with one attached hydrogen (secondary N) is 2. The Morgan fingerprint density at radius 2 is 1.90 bits per heavy atom. The molecular formula is C15H20N4O2. The summed E-state index contributed by atoms with van der Waals surface area (Å²) in [5.74, 6) is 2.76. The van der Waals surface area contributed by atoms with Gasteiger partial charge in [0.15, 0.2) is 0 Å². The minimum Gasteiger partial charge on any atom is -0.497 e. The highest BCUT2D eigenvalue weighted by Crippen LogP contribution is 2.31. The van der Waals surface area contributed by atoms with Crippen LogP contribution in [-0.4, -0.2) is 30.7 Å². The first-order chi connectivity index (χ1) is 10.2. The van der Waals surface area contributed by atoms with Gasteiger partial charge in [-0.2, -0.15) is 4.98 Å². The third kappa shape index (κ3) is 3.75. The smallest absolute Gasteiger partial charge is 0.224 e. The maximum absolute atomic E-state index is 5.35. The van der Waals surface area contributed by atoms with E-state index in [9.17, 15) is 0 Å². The molecule has 1 heterocycles. The summed E-state index contributed by atoms with van der Waals surface area (Å²) in [6, 6.07) is 7.43. The average Bonchev–Trinajstić information content (AvgIpc) is 2.47. The quantitative estimate of drug-likeness (QED) is 0.851. The molecule has 0 bridgehead atoms. The molecule has 1 aromatic carbocycles. The van der Waals surface area contributed by atoms with Gasteiger partial charge in [-0.25, -0.2) is 4.98 Å². The highest BCUT2D eigenvalue weighted by atomic mass is 16.5. The van der Waals surface area contributed by atoms with Crippen molar-refractivity contribution in [1.29, 1.82) is 0 Å². The number of anilines is 3. The molecule has 21 heavy (non-hydrogen) atoms. The lowest BCUT2D eigenvalue weighted by Crippen LogP contribution is -2.05. The zero-order valence-corrected chi connectivity index (χ0v) is 12.7. The Balaban J connectivity index is 2.32. The van der Waals surface area contributed by atoms with E-state index >= 15 is 0 Å². The Hall–Kier alpha value is -2.50. The largest absolute Gasteiger partial charge is 0.497 e. The number of ether oxygens (including phenoxy) is 2. The van der Waals surface area contributed by atoms with Crippen molar-refractivity contribution in [2.45, 2.75) is 13.8 Å². The van der Waals surface area contributed by atoms with Gasteiger partial charge in [0.1, 0.15) is 17.3 Å². The Labute approximate surface area is 124 Å². The second-order valence-corrected chi connectivity index (χ2v) is 4.44. The third-order valence-corrected chi connectivity index (χ3v) is 2.86. The highest BCUT2D eigenvalue weighted by molar-refractivity contribution is 5.66. The fourth-order valence-electron chi connectivity index (χ4n) is 1.92. The number of rotatable bonds is 6. The van der Waals surface area contributed by atoms with Crippen LogP contribution in [0.4, 0.5) is 17.5 Å². The summed E-state index contributed by atoms with van der Waals surface area (Å²) in [6.07, 6.45) is 0. The van der Waals surface area contributed by atoms with E-state index in [1.54, 1.807) is 14.2 Å². The lowest BCUT2D eigenvalue weighted by Gasteiger charge is -2.13. The van der Waals surface area contributed by atoms with Crippen molar-refractivity contribution in [3.63, 3.8) is 0 Å². The standard InChI is InChI=1S/C15H20N4O2/c1-5-16-15-17-10(2)8-14(19-15)18-12-9-11(20-3)6-7-13(12)21-4/h6-9H,5H2,1-4H3,(H2,16,17,18,19). The van der Waals surface area contributed by atoms with Gasteiger partial charge in [-0.05, 0) is 26.0 Å². The molecule has 0 saturated carbocycles. The van der Waals surface area contributed by atoms with Gasteiger partial charge in [-0.3, -0.25) is 0 Å². The zero-order chi connectivity index (χ0) is 15.2. The Morgan fingerprint density at radius 3 is 2.57 bits per heavy atom. The summed E-state index contributed by atoms with van der Waals surface area (Å²) >= 11 is 0. The normalized spacial score (nSPS) is 10.1. The molecule has 0 amide bonds. The molecule has 6 heteroatoms. The van der Waals surface area contributed by atoms with Crippen LogP contribution >= 0.6 is 0 Å². The van der Waals surface area contributed by atoms with Crippen LogP contribution < -0.4 is 20.1 Å². The third-order valence-electron chi connectivity index (χ3n) is 2.86. The summed E-state index contributed by atoms with van der Waals surface area (Å²) in [5, 5.41) is 6.35.